The first-order valence-electron chi connectivity index (χ1n) is 6.08. The lowest BCUT2D eigenvalue weighted by molar-refractivity contribution is 0.460. The minimum atomic E-state index is -4.00. The molecule has 2 N–H and O–H groups in total. The molecule has 0 heterocycles. The highest BCUT2D eigenvalue weighted by molar-refractivity contribution is 9.10. The van der Waals surface area contributed by atoms with Crippen molar-refractivity contribution in [2.24, 2.45) is 0 Å². The monoisotopic (exact) mass is 372 g/mol. The second-order valence-corrected chi connectivity index (χ2v) is 7.35. The third-order valence-corrected chi connectivity index (χ3v) is 5.69. The van der Waals surface area contributed by atoms with E-state index in [9.17, 15) is 12.8 Å². The van der Waals surface area contributed by atoms with E-state index in [2.05, 4.69) is 15.9 Å². The summed E-state index contributed by atoms with van der Waals surface area (Å²) in [5.74, 6) is -0.853. The molecule has 2 rings (SSSR count). The van der Waals surface area contributed by atoms with E-state index >= 15 is 0 Å². The fourth-order valence-electron chi connectivity index (χ4n) is 1.90. The normalized spacial score (nSPS) is 11.8. The molecule has 0 aliphatic heterocycles. The van der Waals surface area contributed by atoms with Crippen molar-refractivity contribution in [3.63, 3.8) is 0 Å². The first-order valence-corrected chi connectivity index (χ1v) is 8.31. The van der Waals surface area contributed by atoms with Crippen molar-refractivity contribution in [2.75, 3.05) is 12.8 Å². The van der Waals surface area contributed by atoms with Gasteiger partial charge in [0, 0.05) is 18.1 Å². The van der Waals surface area contributed by atoms with Crippen LogP contribution in [0.2, 0.25) is 0 Å². The smallest absolute Gasteiger partial charge is 0.248 e. The van der Waals surface area contributed by atoms with Crippen molar-refractivity contribution in [2.45, 2.75) is 11.4 Å². The van der Waals surface area contributed by atoms with Gasteiger partial charge in [-0.2, -0.15) is 4.31 Å². The fraction of sp³-hybridized carbons (Fsp3) is 0.143. The zero-order valence-corrected chi connectivity index (χ0v) is 13.7. The number of nitrogen functional groups attached to an aromatic ring is 1. The second-order valence-electron chi connectivity index (χ2n) is 4.51. The summed E-state index contributed by atoms with van der Waals surface area (Å²) >= 11 is 3.36. The van der Waals surface area contributed by atoms with Crippen LogP contribution in [0.15, 0.2) is 51.8 Å². The predicted octanol–water partition coefficient (Wildman–Crippen LogP) is 2.99. The molecule has 0 atom stereocenters. The summed E-state index contributed by atoms with van der Waals surface area (Å²) in [4.78, 5) is -0.487. The Bertz CT molecular complexity index is 745. The maximum absolute atomic E-state index is 13.8. The summed E-state index contributed by atoms with van der Waals surface area (Å²) in [5.41, 5.74) is 6.29. The van der Waals surface area contributed by atoms with Gasteiger partial charge < -0.3 is 5.73 Å². The predicted molar refractivity (Wildman–Crippen MR) is 83.6 cm³/mol. The van der Waals surface area contributed by atoms with Crippen molar-refractivity contribution in [1.29, 1.82) is 0 Å². The average Bonchev–Trinajstić information content (AvgIpc) is 2.40. The van der Waals surface area contributed by atoms with E-state index in [0.29, 0.717) is 0 Å². The number of hydrogen-bond donors (Lipinski definition) is 1. The molecular weight excluding hydrogens is 359 g/mol. The van der Waals surface area contributed by atoms with Crippen LogP contribution in [0.1, 0.15) is 5.56 Å². The van der Waals surface area contributed by atoms with E-state index in [1.54, 1.807) is 12.1 Å². The van der Waals surface area contributed by atoms with Crippen LogP contribution in [0, 0.1) is 5.82 Å². The second kappa shape index (κ2) is 6.13. The van der Waals surface area contributed by atoms with E-state index in [1.807, 2.05) is 12.1 Å². The van der Waals surface area contributed by atoms with Gasteiger partial charge in [0.05, 0.1) is 5.69 Å². The minimum absolute atomic E-state index is 0.103. The molecule has 0 spiro atoms. The van der Waals surface area contributed by atoms with Crippen molar-refractivity contribution < 1.29 is 12.8 Å². The Morgan fingerprint density at radius 2 is 1.86 bits per heavy atom. The lowest BCUT2D eigenvalue weighted by Gasteiger charge is -2.19. The van der Waals surface area contributed by atoms with Crippen LogP contribution in [0.5, 0.6) is 0 Å². The van der Waals surface area contributed by atoms with Gasteiger partial charge in [0.2, 0.25) is 10.0 Å². The summed E-state index contributed by atoms with van der Waals surface area (Å²) in [7, 11) is -2.61. The first kappa shape index (κ1) is 15.9. The van der Waals surface area contributed by atoms with Gasteiger partial charge in [0.25, 0.3) is 0 Å². The number of nitrogens with two attached hydrogens (primary N) is 1. The lowest BCUT2D eigenvalue weighted by Crippen LogP contribution is -2.28. The summed E-state index contributed by atoms with van der Waals surface area (Å²) in [6.07, 6.45) is 0. The van der Waals surface area contributed by atoms with Crippen LogP contribution in [-0.2, 0) is 16.6 Å². The summed E-state index contributed by atoms with van der Waals surface area (Å²) in [5, 5.41) is 0. The maximum atomic E-state index is 13.8. The molecule has 112 valence electrons. The van der Waals surface area contributed by atoms with Gasteiger partial charge >= 0.3 is 0 Å². The van der Waals surface area contributed by atoms with Crippen LogP contribution in [-0.4, -0.2) is 19.8 Å². The molecule has 0 unspecified atom stereocenters. The van der Waals surface area contributed by atoms with Crippen molar-refractivity contribution in [3.8, 4) is 0 Å². The zero-order valence-electron chi connectivity index (χ0n) is 11.3. The molecule has 0 saturated carbocycles. The van der Waals surface area contributed by atoms with E-state index in [0.717, 1.165) is 20.4 Å². The van der Waals surface area contributed by atoms with Gasteiger partial charge in [0.1, 0.15) is 10.7 Å². The van der Waals surface area contributed by atoms with Crippen LogP contribution in [0.3, 0.4) is 0 Å². The molecule has 0 aliphatic carbocycles. The SMILES string of the molecule is CN(Cc1ccccc1Br)S(=O)(=O)c1c(N)cccc1F. The number of anilines is 1. The molecule has 0 radical (unpaired) electrons. The topological polar surface area (TPSA) is 63.4 Å². The molecule has 2 aromatic carbocycles. The van der Waals surface area contributed by atoms with Crippen LogP contribution in [0.4, 0.5) is 10.1 Å². The molecule has 7 heteroatoms. The van der Waals surface area contributed by atoms with Crippen molar-refractivity contribution in [3.05, 3.63) is 58.3 Å². The molecule has 4 nitrogen and oxygen atoms in total. The molecule has 2 aromatic rings. The molecule has 21 heavy (non-hydrogen) atoms. The Kier molecular flexibility index (Phi) is 4.65. The summed E-state index contributed by atoms with van der Waals surface area (Å²) in [6, 6.07) is 11.1. The van der Waals surface area contributed by atoms with Crippen LogP contribution < -0.4 is 5.73 Å². The van der Waals surface area contributed by atoms with E-state index in [-0.39, 0.29) is 12.2 Å². The van der Waals surface area contributed by atoms with Gasteiger partial charge in [0.15, 0.2) is 0 Å². The molecule has 0 fully saturated rings. The van der Waals surface area contributed by atoms with Crippen LogP contribution in [0.25, 0.3) is 0 Å². The van der Waals surface area contributed by atoms with E-state index in [4.69, 9.17) is 5.73 Å². The molecule has 0 bridgehead atoms. The maximum Gasteiger partial charge on any atom is 0.248 e. The average molecular weight is 373 g/mol. The standard InChI is InChI=1S/C14H14BrFN2O2S/c1-18(9-10-5-2-3-6-11(10)15)21(19,20)14-12(16)7-4-8-13(14)17/h2-8H,9,17H2,1H3. The number of hydrogen-bond acceptors (Lipinski definition) is 3. The number of sulfonamides is 1. The van der Waals surface area contributed by atoms with Crippen molar-refractivity contribution in [1.82, 2.24) is 4.31 Å². The highest BCUT2D eigenvalue weighted by Crippen LogP contribution is 2.26. The van der Waals surface area contributed by atoms with E-state index < -0.39 is 20.7 Å². The number of benzene rings is 2. The summed E-state index contributed by atoms with van der Waals surface area (Å²) in [6.45, 7) is 0.109. The van der Waals surface area contributed by atoms with E-state index in [1.165, 1.54) is 19.2 Å². The zero-order chi connectivity index (χ0) is 15.6. The molecule has 0 aromatic heterocycles. The van der Waals surface area contributed by atoms with Gasteiger partial charge in [-0.15, -0.1) is 0 Å². The molecule has 0 saturated heterocycles. The molecule has 0 aliphatic rings. The highest BCUT2D eigenvalue weighted by Gasteiger charge is 2.27. The lowest BCUT2D eigenvalue weighted by atomic mass is 10.2. The third-order valence-electron chi connectivity index (χ3n) is 3.02. The quantitative estimate of drug-likeness (QED) is 0.839. The Morgan fingerprint density at radius 1 is 1.19 bits per heavy atom. The number of rotatable bonds is 4. The van der Waals surface area contributed by atoms with Gasteiger partial charge in [-0.3, -0.25) is 0 Å². The van der Waals surface area contributed by atoms with Gasteiger partial charge in [-0.25, -0.2) is 12.8 Å². The molecule has 0 amide bonds. The molecular formula is C14H14BrFN2O2S. The largest absolute Gasteiger partial charge is 0.398 e. The first-order chi connectivity index (χ1) is 9.84. The Morgan fingerprint density at radius 3 is 2.48 bits per heavy atom. The Hall–Kier alpha value is -1.44. The van der Waals surface area contributed by atoms with Crippen molar-refractivity contribution >= 4 is 31.6 Å². The number of nitrogens with zero attached hydrogens (tertiary/aromatic N) is 1. The highest BCUT2D eigenvalue weighted by atomic mass is 79.9. The summed E-state index contributed by atoms with van der Waals surface area (Å²) < 4.78 is 40.6. The fourth-order valence-corrected chi connectivity index (χ4v) is 3.62. The third kappa shape index (κ3) is 3.25. The van der Waals surface area contributed by atoms with Gasteiger partial charge in [-0.05, 0) is 23.8 Å². The van der Waals surface area contributed by atoms with Crippen LogP contribution >= 0.6 is 15.9 Å². The Balaban J connectivity index is 2.38. The minimum Gasteiger partial charge on any atom is -0.398 e. The Labute approximate surface area is 131 Å². The van der Waals surface area contributed by atoms with Gasteiger partial charge in [-0.1, -0.05) is 40.2 Å². The number of halogens is 2.